The molecule has 5 heteroatoms. The summed E-state index contributed by atoms with van der Waals surface area (Å²) in [5, 5.41) is 9.31. The van der Waals surface area contributed by atoms with E-state index in [4.69, 9.17) is 9.47 Å². The van der Waals surface area contributed by atoms with Gasteiger partial charge in [-0.15, -0.1) is 0 Å². The van der Waals surface area contributed by atoms with Crippen molar-refractivity contribution < 1.29 is 24.2 Å². The Morgan fingerprint density at radius 2 is 1.15 bits per heavy atom. The Hall–Kier alpha value is -1.10. The van der Waals surface area contributed by atoms with E-state index < -0.39 is 6.10 Å². The molecule has 5 nitrogen and oxygen atoms in total. The molecule has 0 aromatic rings. The summed E-state index contributed by atoms with van der Waals surface area (Å²) in [4.78, 5) is 23.5. The van der Waals surface area contributed by atoms with Gasteiger partial charge in [0.05, 0.1) is 6.61 Å². The first-order valence-corrected chi connectivity index (χ1v) is 11.1. The van der Waals surface area contributed by atoms with Crippen LogP contribution in [-0.4, -0.2) is 36.4 Å². The van der Waals surface area contributed by atoms with Crippen LogP contribution in [0.15, 0.2) is 0 Å². The van der Waals surface area contributed by atoms with Crippen molar-refractivity contribution in [3.8, 4) is 0 Å². The average Bonchev–Trinajstić information content (AvgIpc) is 2.67. The summed E-state index contributed by atoms with van der Waals surface area (Å²) < 4.78 is 10.3. The zero-order valence-corrected chi connectivity index (χ0v) is 17.7. The fraction of sp³-hybridized carbons (Fsp3) is 0.909. The highest BCUT2D eigenvalue weighted by Crippen LogP contribution is 2.10. The normalized spacial score (nSPS) is 12.0. The minimum Gasteiger partial charge on any atom is -0.462 e. The quantitative estimate of drug-likeness (QED) is 0.240. The summed E-state index contributed by atoms with van der Waals surface area (Å²) in [6.45, 7) is 3.98. The molecule has 1 atom stereocenters. The fourth-order valence-corrected chi connectivity index (χ4v) is 2.90. The predicted octanol–water partition coefficient (Wildman–Crippen LogP) is 5.33. The fourth-order valence-electron chi connectivity index (χ4n) is 2.90. The maximum Gasteiger partial charge on any atom is 0.306 e. The lowest BCUT2D eigenvalue weighted by Crippen LogP contribution is -2.28. The summed E-state index contributed by atoms with van der Waals surface area (Å²) in [6, 6.07) is 0. The molecule has 0 bridgehead atoms. The van der Waals surface area contributed by atoms with E-state index in [2.05, 4.69) is 13.8 Å². The van der Waals surface area contributed by atoms with E-state index in [1.165, 1.54) is 44.9 Å². The third-order valence-electron chi connectivity index (χ3n) is 4.65. The first-order chi connectivity index (χ1) is 13.1. The standard InChI is InChI=1S/C22H42O5/c1-3-5-7-9-11-13-15-17-22(25)27-20(18-23)19-26-21(24)16-14-12-10-8-6-4-2/h20,23H,3-19H2,1-2H3. The molecule has 160 valence electrons. The van der Waals surface area contributed by atoms with Gasteiger partial charge in [0.2, 0.25) is 0 Å². The van der Waals surface area contributed by atoms with Crippen LogP contribution in [0.2, 0.25) is 0 Å². The van der Waals surface area contributed by atoms with Gasteiger partial charge in [-0.3, -0.25) is 9.59 Å². The molecule has 0 aromatic heterocycles. The second-order valence-electron chi connectivity index (χ2n) is 7.37. The zero-order chi connectivity index (χ0) is 20.2. The summed E-state index contributed by atoms with van der Waals surface area (Å²) >= 11 is 0. The van der Waals surface area contributed by atoms with E-state index in [9.17, 15) is 14.7 Å². The van der Waals surface area contributed by atoms with Crippen LogP contribution in [0.5, 0.6) is 0 Å². The van der Waals surface area contributed by atoms with Crippen LogP contribution in [0, 0.1) is 0 Å². The van der Waals surface area contributed by atoms with Crippen LogP contribution in [0.3, 0.4) is 0 Å². The largest absolute Gasteiger partial charge is 0.462 e. The number of hydrogen-bond acceptors (Lipinski definition) is 5. The summed E-state index contributed by atoms with van der Waals surface area (Å²) in [5.41, 5.74) is 0. The van der Waals surface area contributed by atoms with E-state index in [0.717, 1.165) is 38.5 Å². The van der Waals surface area contributed by atoms with Gasteiger partial charge in [0, 0.05) is 12.8 Å². The third-order valence-corrected chi connectivity index (χ3v) is 4.65. The topological polar surface area (TPSA) is 72.8 Å². The molecule has 0 aliphatic rings. The van der Waals surface area contributed by atoms with Gasteiger partial charge in [-0.05, 0) is 12.8 Å². The molecule has 0 fully saturated rings. The molecule has 0 spiro atoms. The van der Waals surface area contributed by atoms with E-state index in [0.29, 0.717) is 12.8 Å². The maximum absolute atomic E-state index is 11.8. The van der Waals surface area contributed by atoms with Crippen molar-refractivity contribution in [2.24, 2.45) is 0 Å². The van der Waals surface area contributed by atoms with Crippen molar-refractivity contribution in [2.45, 2.75) is 116 Å². The number of rotatable bonds is 19. The molecule has 27 heavy (non-hydrogen) atoms. The Kier molecular flexibility index (Phi) is 18.9. The summed E-state index contributed by atoms with van der Waals surface area (Å²) in [7, 11) is 0. The van der Waals surface area contributed by atoms with Gasteiger partial charge in [-0.2, -0.15) is 0 Å². The van der Waals surface area contributed by atoms with Crippen molar-refractivity contribution in [1.82, 2.24) is 0 Å². The minimum atomic E-state index is -0.754. The van der Waals surface area contributed by atoms with Crippen LogP contribution in [0.1, 0.15) is 110 Å². The smallest absolute Gasteiger partial charge is 0.306 e. The van der Waals surface area contributed by atoms with Crippen molar-refractivity contribution >= 4 is 11.9 Å². The number of hydrogen-bond donors (Lipinski definition) is 1. The number of ether oxygens (including phenoxy) is 2. The highest BCUT2D eigenvalue weighted by atomic mass is 16.6. The van der Waals surface area contributed by atoms with Crippen molar-refractivity contribution in [3.63, 3.8) is 0 Å². The summed E-state index contributed by atoms with van der Waals surface area (Å²) in [5.74, 6) is -0.610. The number of carbonyl (C=O) groups excluding carboxylic acids is 2. The molecule has 1 unspecified atom stereocenters. The van der Waals surface area contributed by atoms with E-state index in [-0.39, 0.29) is 25.2 Å². The minimum absolute atomic E-state index is 0.0616. The molecule has 0 amide bonds. The second-order valence-corrected chi connectivity index (χ2v) is 7.37. The Balaban J connectivity index is 3.68. The van der Waals surface area contributed by atoms with Gasteiger partial charge in [-0.1, -0.05) is 84.5 Å². The lowest BCUT2D eigenvalue weighted by molar-refractivity contribution is -0.161. The predicted molar refractivity (Wildman–Crippen MR) is 109 cm³/mol. The average molecular weight is 387 g/mol. The summed E-state index contributed by atoms with van der Waals surface area (Å²) in [6.07, 6.45) is 14.6. The zero-order valence-electron chi connectivity index (χ0n) is 17.7. The second kappa shape index (κ2) is 19.7. The highest BCUT2D eigenvalue weighted by Gasteiger charge is 2.15. The van der Waals surface area contributed by atoms with E-state index >= 15 is 0 Å². The SMILES string of the molecule is CCCCCCCCCC(=O)OC(CO)COC(=O)CCCCCCCC. The molecular formula is C22H42O5. The molecule has 0 saturated heterocycles. The van der Waals surface area contributed by atoms with Crippen LogP contribution in [0.4, 0.5) is 0 Å². The molecule has 0 rings (SSSR count). The lowest BCUT2D eigenvalue weighted by Gasteiger charge is -2.15. The van der Waals surface area contributed by atoms with Gasteiger partial charge >= 0.3 is 11.9 Å². The van der Waals surface area contributed by atoms with E-state index in [1.54, 1.807) is 0 Å². The molecule has 1 N–H and O–H groups in total. The number of unbranched alkanes of at least 4 members (excludes halogenated alkanes) is 11. The van der Waals surface area contributed by atoms with Crippen LogP contribution in [0.25, 0.3) is 0 Å². The van der Waals surface area contributed by atoms with Crippen molar-refractivity contribution in [2.75, 3.05) is 13.2 Å². The van der Waals surface area contributed by atoms with Gasteiger partial charge in [0.15, 0.2) is 6.10 Å². The first-order valence-electron chi connectivity index (χ1n) is 11.1. The number of carbonyl (C=O) groups is 2. The molecule has 0 saturated carbocycles. The molecule has 0 aromatic carbocycles. The highest BCUT2D eigenvalue weighted by molar-refractivity contribution is 5.70. The van der Waals surface area contributed by atoms with E-state index in [1.807, 2.05) is 0 Å². The Labute approximate surface area is 166 Å². The monoisotopic (exact) mass is 386 g/mol. The molecule has 0 aliphatic carbocycles. The molecular weight excluding hydrogens is 344 g/mol. The maximum atomic E-state index is 11.8. The first kappa shape index (κ1) is 25.9. The third kappa shape index (κ3) is 18.0. The molecule has 0 aliphatic heterocycles. The Morgan fingerprint density at radius 3 is 1.63 bits per heavy atom. The number of aliphatic hydroxyl groups excluding tert-OH is 1. The van der Waals surface area contributed by atoms with Gasteiger partial charge in [0.25, 0.3) is 0 Å². The lowest BCUT2D eigenvalue weighted by atomic mass is 10.1. The van der Waals surface area contributed by atoms with Crippen LogP contribution < -0.4 is 0 Å². The van der Waals surface area contributed by atoms with Crippen LogP contribution >= 0.6 is 0 Å². The van der Waals surface area contributed by atoms with Gasteiger partial charge < -0.3 is 14.6 Å². The van der Waals surface area contributed by atoms with Crippen molar-refractivity contribution in [3.05, 3.63) is 0 Å². The van der Waals surface area contributed by atoms with Crippen LogP contribution in [-0.2, 0) is 19.1 Å². The van der Waals surface area contributed by atoms with Gasteiger partial charge in [-0.25, -0.2) is 0 Å². The Morgan fingerprint density at radius 1 is 0.704 bits per heavy atom. The molecule has 0 heterocycles. The number of aliphatic hydroxyl groups is 1. The van der Waals surface area contributed by atoms with Gasteiger partial charge in [0.1, 0.15) is 6.61 Å². The van der Waals surface area contributed by atoms with Crippen molar-refractivity contribution in [1.29, 1.82) is 0 Å². The molecule has 0 radical (unpaired) electrons. The Bertz CT molecular complexity index is 357. The number of esters is 2.